The van der Waals surface area contributed by atoms with Crippen molar-refractivity contribution in [1.29, 1.82) is 0 Å². The Morgan fingerprint density at radius 2 is 0.864 bits per heavy atom. The van der Waals surface area contributed by atoms with E-state index >= 15 is 0 Å². The fraction of sp³-hybridized carbons (Fsp3) is 0.365. The van der Waals surface area contributed by atoms with Crippen molar-refractivity contribution in [3.8, 4) is 0 Å². The van der Waals surface area contributed by atoms with Gasteiger partial charge in [0.1, 0.15) is 0 Å². The first kappa shape index (κ1) is 44.4. The van der Waals surface area contributed by atoms with Crippen molar-refractivity contribution >= 4 is 54.4 Å². The third-order valence-corrected chi connectivity index (χ3v) is 23.1. The molecule has 0 heterocycles. The summed E-state index contributed by atoms with van der Waals surface area (Å²) >= 11 is -0.826. The van der Waals surface area contributed by atoms with Crippen molar-refractivity contribution in [3.05, 3.63) is 174 Å². The Morgan fingerprint density at radius 1 is 0.525 bits per heavy atom. The number of halogens is 2. The average Bonchev–Trinajstić information content (AvgIpc) is 3.78. The van der Waals surface area contributed by atoms with Gasteiger partial charge >= 0.3 is 54.5 Å². The van der Waals surface area contributed by atoms with Crippen LogP contribution in [0.1, 0.15) is 99.3 Å². The van der Waals surface area contributed by atoms with Crippen LogP contribution in [0.15, 0.2) is 167 Å². The Hall–Kier alpha value is -2.66. The Morgan fingerprint density at radius 3 is 1.27 bits per heavy atom. The van der Waals surface area contributed by atoms with Gasteiger partial charge in [0.15, 0.2) is 0 Å². The van der Waals surface area contributed by atoms with Crippen LogP contribution < -0.4 is 20.7 Å². The van der Waals surface area contributed by atoms with Crippen molar-refractivity contribution in [3.63, 3.8) is 0 Å². The summed E-state index contributed by atoms with van der Waals surface area (Å²) in [6, 6.07) is 44.7. The van der Waals surface area contributed by atoms with E-state index in [-0.39, 0.29) is 21.9 Å². The normalized spacial score (nSPS) is 19.5. The zero-order valence-electron chi connectivity index (χ0n) is 35.9. The zero-order chi connectivity index (χ0) is 41.7. The minimum absolute atomic E-state index is 0.0965. The van der Waals surface area contributed by atoms with Crippen molar-refractivity contribution in [2.75, 3.05) is 0 Å². The van der Waals surface area contributed by atoms with Gasteiger partial charge in [0.25, 0.3) is 0 Å². The first-order valence-electron chi connectivity index (χ1n) is 21.7. The summed E-state index contributed by atoms with van der Waals surface area (Å²) < 4.78 is 15.8. The molecule has 4 aliphatic rings. The molecule has 8 rings (SSSR count). The van der Waals surface area contributed by atoms with Crippen LogP contribution in [-0.4, -0.2) is 16.6 Å². The van der Waals surface area contributed by atoms with Crippen LogP contribution in [0.2, 0.25) is 10.1 Å². The molecule has 0 spiro atoms. The first-order chi connectivity index (χ1) is 28.4. The van der Waals surface area contributed by atoms with Gasteiger partial charge in [-0.1, -0.05) is 180 Å². The van der Waals surface area contributed by atoms with E-state index in [2.05, 4.69) is 181 Å². The number of benzene rings is 4. The van der Waals surface area contributed by atoms with Gasteiger partial charge in [-0.05, 0) is 105 Å². The van der Waals surface area contributed by atoms with Crippen molar-refractivity contribution < 1.29 is 29.7 Å². The molecule has 0 fully saturated rings. The predicted molar refractivity (Wildman–Crippen MR) is 252 cm³/mol. The monoisotopic (exact) mass is 933 g/mol. The molecule has 0 saturated heterocycles. The molecule has 59 heavy (non-hydrogen) atoms. The van der Waals surface area contributed by atoms with Crippen LogP contribution in [0.4, 0.5) is 0 Å². The van der Waals surface area contributed by atoms with E-state index in [9.17, 15) is 0 Å². The van der Waals surface area contributed by atoms with Gasteiger partial charge in [-0.25, -0.2) is 0 Å². The molecule has 7 heteroatoms. The average molecular weight is 936 g/mol. The second-order valence-electron chi connectivity index (χ2n) is 18.7. The summed E-state index contributed by atoms with van der Waals surface area (Å²) in [6.07, 6.45) is 18.2. The van der Waals surface area contributed by atoms with Gasteiger partial charge < -0.3 is 15.3 Å². The van der Waals surface area contributed by atoms with Crippen LogP contribution in [0.3, 0.4) is 0 Å². The minimum atomic E-state index is -2.81. The van der Waals surface area contributed by atoms with Crippen LogP contribution in [0, 0.1) is 18.3 Å². The number of hydrogen-bond donors (Lipinski definition) is 0. The molecule has 0 saturated carbocycles. The molecule has 2 unspecified atom stereocenters. The van der Waals surface area contributed by atoms with Crippen LogP contribution >= 0.6 is 17.0 Å². The van der Waals surface area contributed by atoms with E-state index < -0.39 is 37.5 Å². The van der Waals surface area contributed by atoms with E-state index in [1.54, 1.807) is 11.1 Å². The maximum atomic E-state index is 7.92. The quantitative estimate of drug-likeness (QED) is 0.110. The van der Waals surface area contributed by atoms with Crippen LogP contribution in [0.5, 0.6) is 0 Å². The molecule has 0 N–H and O–H groups in total. The molecule has 4 aliphatic carbocycles. The summed E-state index contributed by atoms with van der Waals surface area (Å²) in [5.41, 5.74) is 6.27. The zero-order valence-corrected chi connectivity index (χ0v) is 41.8. The summed E-state index contributed by atoms with van der Waals surface area (Å²) in [4.78, 5) is 0. The van der Waals surface area contributed by atoms with Crippen molar-refractivity contribution in [2.45, 2.75) is 109 Å². The molecule has 2 nitrogen and oxygen atoms in total. The van der Waals surface area contributed by atoms with E-state index in [0.29, 0.717) is 0 Å². The Bertz CT molecular complexity index is 1920. The summed E-state index contributed by atoms with van der Waals surface area (Å²) in [6.45, 7) is 14.4. The van der Waals surface area contributed by atoms with E-state index in [1.807, 2.05) is 0 Å². The van der Waals surface area contributed by atoms with Crippen LogP contribution in [-0.2, 0) is 29.7 Å². The molecule has 0 radical (unpaired) electrons. The second kappa shape index (κ2) is 19.2. The molecular formula is C52H61Cl2O2Si2Zr-. The molecule has 0 amide bonds. The van der Waals surface area contributed by atoms with Gasteiger partial charge in [-0.3, -0.25) is 0 Å². The number of hydrogen-bond acceptors (Lipinski definition) is 2. The molecular weight excluding hydrogens is 875 g/mol. The predicted octanol–water partition coefficient (Wildman–Crippen LogP) is 12.9. The van der Waals surface area contributed by atoms with E-state index in [0.717, 1.165) is 32.1 Å². The molecule has 0 bridgehead atoms. The van der Waals surface area contributed by atoms with Gasteiger partial charge in [-0.15, -0.1) is 0 Å². The summed E-state index contributed by atoms with van der Waals surface area (Å²) in [7, 11) is 4.26. The third kappa shape index (κ3) is 8.99. The fourth-order valence-electron chi connectivity index (χ4n) is 10.5. The summed E-state index contributed by atoms with van der Waals surface area (Å²) in [5.74, 6) is 2.78. The summed E-state index contributed by atoms with van der Waals surface area (Å²) in [5, 5.41) is 5.14. The molecule has 308 valence electrons. The Labute approximate surface area is 376 Å². The Balaban J connectivity index is 0.00000171. The maximum absolute atomic E-state index is 7.92. The Kier molecular flexibility index (Phi) is 14.4. The number of allylic oxidation sites excluding steroid dienone is 6. The molecule has 0 aliphatic heterocycles. The van der Waals surface area contributed by atoms with Crippen LogP contribution in [0.25, 0.3) is 0 Å². The molecule has 2 atom stereocenters. The SMILES string of the molecule is CC(C)(C)[Si](OC1=CC2=C(CCCC2)C1[CH-]CC1C(O[Si](c2ccccc2)(c2ccccc2)C(C)(C)C)=CC2=C1CCCC2)(c1ccccc1)c1ccccc1.[Cl][Zr][Cl]. The molecule has 0 aromatic heterocycles. The van der Waals surface area contributed by atoms with Gasteiger partial charge in [0.2, 0.25) is 0 Å². The topological polar surface area (TPSA) is 18.5 Å². The van der Waals surface area contributed by atoms with Gasteiger partial charge in [-0.2, -0.15) is 6.42 Å². The van der Waals surface area contributed by atoms with Crippen molar-refractivity contribution in [1.82, 2.24) is 0 Å². The number of rotatable bonds is 11. The third-order valence-electron chi connectivity index (χ3n) is 13.2. The molecule has 4 aromatic rings. The van der Waals surface area contributed by atoms with Gasteiger partial charge in [0, 0.05) is 5.92 Å². The van der Waals surface area contributed by atoms with Crippen molar-refractivity contribution in [2.24, 2.45) is 11.8 Å². The fourth-order valence-corrected chi connectivity index (χ4v) is 19.5. The van der Waals surface area contributed by atoms with E-state index in [1.165, 1.54) is 69.1 Å². The standard InChI is InChI=1S/C52H61O2Si2.2ClH.Zr/c1-51(2,3)55(41-25-11-7-12-26-41,42-27-13-8-14-28-42)53-49-37-39-23-19-21-33-45(39)47(49)35-36-48-46-34-22-20-24-40(46)38-50(48)54-56(52(4,5)6,43-29-15-9-16-30-43)44-31-17-10-18-32-44;;;/h7-18,25-32,35,37-38,47-48H,19-24,33-34,36H2,1-6H3;2*1H;/q-1;;;+2/p-2. The molecule has 4 aromatic carbocycles. The van der Waals surface area contributed by atoms with E-state index in [4.69, 9.17) is 25.9 Å². The second-order valence-corrected chi connectivity index (χ2v) is 30.9. The first-order valence-corrected chi connectivity index (χ1v) is 31.9. The van der Waals surface area contributed by atoms with Gasteiger partial charge in [0.05, 0.1) is 11.5 Å².